The first-order valence-electron chi connectivity index (χ1n) is 7.71. The molecule has 128 valence electrons. The molecule has 0 aliphatic rings. The van der Waals surface area contributed by atoms with E-state index in [4.69, 9.17) is 4.74 Å². The predicted octanol–water partition coefficient (Wildman–Crippen LogP) is 2.11. The molecule has 0 bridgehead atoms. The van der Waals surface area contributed by atoms with Crippen LogP contribution >= 0.6 is 0 Å². The minimum absolute atomic E-state index is 0.158. The van der Waals surface area contributed by atoms with Crippen molar-refractivity contribution in [3.05, 3.63) is 54.9 Å². The number of amides is 1. The average molecular weight is 338 g/mol. The number of carbonyl (C=O) groups is 1. The monoisotopic (exact) mass is 338 g/mol. The van der Waals surface area contributed by atoms with Crippen LogP contribution in [0.5, 0.6) is 5.75 Å². The van der Waals surface area contributed by atoms with Crippen LogP contribution in [-0.2, 0) is 4.79 Å². The molecule has 0 saturated carbocycles. The summed E-state index contributed by atoms with van der Waals surface area (Å²) in [6, 6.07) is 14.3. The molecular formula is C17H18N6O2. The zero-order chi connectivity index (χ0) is 17.6. The Morgan fingerprint density at radius 2 is 1.92 bits per heavy atom. The number of hydrogen-bond acceptors (Lipinski definition) is 6. The number of hydrogen-bond donors (Lipinski definition) is 2. The van der Waals surface area contributed by atoms with Gasteiger partial charge in [0.1, 0.15) is 18.1 Å². The Hall–Kier alpha value is -3.42. The van der Waals surface area contributed by atoms with Crippen LogP contribution in [0.4, 0.5) is 11.4 Å². The molecular weight excluding hydrogens is 320 g/mol. The van der Waals surface area contributed by atoms with Crippen molar-refractivity contribution in [3.63, 3.8) is 0 Å². The van der Waals surface area contributed by atoms with Gasteiger partial charge in [0.15, 0.2) is 0 Å². The Labute approximate surface area is 144 Å². The van der Waals surface area contributed by atoms with E-state index < -0.39 is 6.04 Å². The summed E-state index contributed by atoms with van der Waals surface area (Å²) in [7, 11) is 1.57. The summed E-state index contributed by atoms with van der Waals surface area (Å²) in [4.78, 5) is 12.4. The lowest BCUT2D eigenvalue weighted by molar-refractivity contribution is -0.116. The maximum atomic E-state index is 12.4. The van der Waals surface area contributed by atoms with Crippen LogP contribution in [0.2, 0.25) is 0 Å². The Balaban J connectivity index is 1.63. The summed E-state index contributed by atoms with van der Waals surface area (Å²) in [6.45, 7) is 1.79. The van der Waals surface area contributed by atoms with Gasteiger partial charge in [0.05, 0.1) is 18.5 Å². The normalized spacial score (nSPS) is 11.6. The van der Waals surface area contributed by atoms with E-state index in [1.54, 1.807) is 30.8 Å². The standard InChI is InChI=1S/C17H18N6O2/c1-12(17(24)20-15-5-3-4-6-16(15)25-2)19-13-7-9-14(10-8-13)23-11-18-21-22-23/h3-12,19H,1-2H3,(H,20,24). The number of carbonyl (C=O) groups excluding carboxylic acids is 1. The van der Waals surface area contributed by atoms with Crippen molar-refractivity contribution in [2.75, 3.05) is 17.7 Å². The van der Waals surface area contributed by atoms with E-state index in [1.165, 1.54) is 6.33 Å². The maximum absolute atomic E-state index is 12.4. The average Bonchev–Trinajstić information content (AvgIpc) is 3.17. The third-order valence-electron chi connectivity index (χ3n) is 3.62. The molecule has 1 atom stereocenters. The lowest BCUT2D eigenvalue weighted by Gasteiger charge is -2.16. The molecule has 0 aliphatic heterocycles. The summed E-state index contributed by atoms with van der Waals surface area (Å²) in [6.07, 6.45) is 1.52. The van der Waals surface area contributed by atoms with Gasteiger partial charge in [-0.25, -0.2) is 4.68 Å². The summed E-state index contributed by atoms with van der Waals surface area (Å²) in [5, 5.41) is 17.0. The number of nitrogens with zero attached hydrogens (tertiary/aromatic N) is 4. The van der Waals surface area contributed by atoms with Crippen molar-refractivity contribution in [2.24, 2.45) is 0 Å². The van der Waals surface area contributed by atoms with E-state index >= 15 is 0 Å². The van der Waals surface area contributed by atoms with Crippen LogP contribution in [0.1, 0.15) is 6.92 Å². The van der Waals surface area contributed by atoms with Gasteiger partial charge in [0.2, 0.25) is 5.91 Å². The molecule has 25 heavy (non-hydrogen) atoms. The third-order valence-corrected chi connectivity index (χ3v) is 3.62. The Bertz CT molecular complexity index is 833. The highest BCUT2D eigenvalue weighted by Crippen LogP contribution is 2.23. The van der Waals surface area contributed by atoms with E-state index in [1.807, 2.05) is 36.4 Å². The number of aromatic nitrogens is 4. The number of benzene rings is 2. The molecule has 1 heterocycles. The van der Waals surface area contributed by atoms with E-state index in [2.05, 4.69) is 26.2 Å². The molecule has 0 aliphatic carbocycles. The van der Waals surface area contributed by atoms with Crippen molar-refractivity contribution in [1.82, 2.24) is 20.2 Å². The fourth-order valence-electron chi connectivity index (χ4n) is 2.29. The second-order valence-electron chi connectivity index (χ2n) is 5.36. The molecule has 1 aromatic heterocycles. The fourth-order valence-corrected chi connectivity index (χ4v) is 2.29. The lowest BCUT2D eigenvalue weighted by atomic mass is 10.2. The minimum atomic E-state index is -0.427. The molecule has 0 radical (unpaired) electrons. The molecule has 0 saturated heterocycles. The first-order valence-corrected chi connectivity index (χ1v) is 7.71. The van der Waals surface area contributed by atoms with Gasteiger partial charge in [-0.05, 0) is 53.7 Å². The van der Waals surface area contributed by atoms with E-state index in [-0.39, 0.29) is 5.91 Å². The van der Waals surface area contributed by atoms with Crippen LogP contribution < -0.4 is 15.4 Å². The first-order chi connectivity index (χ1) is 12.2. The number of ether oxygens (including phenoxy) is 1. The Kier molecular flexibility index (Phi) is 4.89. The van der Waals surface area contributed by atoms with Gasteiger partial charge in [0.25, 0.3) is 0 Å². The molecule has 1 amide bonds. The number of rotatable bonds is 6. The molecule has 2 N–H and O–H groups in total. The number of nitrogens with one attached hydrogen (secondary N) is 2. The lowest BCUT2D eigenvalue weighted by Crippen LogP contribution is -2.32. The quantitative estimate of drug-likeness (QED) is 0.715. The van der Waals surface area contributed by atoms with Crippen LogP contribution in [-0.4, -0.2) is 39.3 Å². The first kappa shape index (κ1) is 16.4. The van der Waals surface area contributed by atoms with Gasteiger partial charge >= 0.3 is 0 Å². The van der Waals surface area contributed by atoms with E-state index in [0.717, 1.165) is 11.4 Å². The molecule has 0 spiro atoms. The minimum Gasteiger partial charge on any atom is -0.495 e. The number of anilines is 2. The highest BCUT2D eigenvalue weighted by molar-refractivity contribution is 5.97. The molecule has 8 nitrogen and oxygen atoms in total. The highest BCUT2D eigenvalue weighted by atomic mass is 16.5. The van der Waals surface area contributed by atoms with Gasteiger partial charge < -0.3 is 15.4 Å². The van der Waals surface area contributed by atoms with E-state index in [0.29, 0.717) is 11.4 Å². The van der Waals surface area contributed by atoms with Crippen molar-refractivity contribution < 1.29 is 9.53 Å². The molecule has 1 unspecified atom stereocenters. The van der Waals surface area contributed by atoms with Crippen molar-refractivity contribution in [2.45, 2.75) is 13.0 Å². The number of tetrazole rings is 1. The SMILES string of the molecule is COc1ccccc1NC(=O)C(C)Nc1ccc(-n2cnnn2)cc1. The van der Waals surface area contributed by atoms with Crippen LogP contribution in [0.15, 0.2) is 54.9 Å². The second-order valence-corrected chi connectivity index (χ2v) is 5.36. The molecule has 3 rings (SSSR count). The zero-order valence-electron chi connectivity index (χ0n) is 13.9. The molecule has 3 aromatic rings. The fraction of sp³-hybridized carbons (Fsp3) is 0.176. The van der Waals surface area contributed by atoms with Gasteiger partial charge in [-0.15, -0.1) is 5.10 Å². The van der Waals surface area contributed by atoms with Crippen molar-refractivity contribution in [1.29, 1.82) is 0 Å². The van der Waals surface area contributed by atoms with Gasteiger partial charge in [-0.3, -0.25) is 4.79 Å². The molecule has 0 fully saturated rings. The number of para-hydroxylation sites is 2. The predicted molar refractivity (Wildman–Crippen MR) is 93.9 cm³/mol. The van der Waals surface area contributed by atoms with Crippen molar-refractivity contribution in [3.8, 4) is 11.4 Å². The summed E-state index contributed by atoms with van der Waals surface area (Å²) < 4.78 is 6.80. The molecule has 8 heteroatoms. The Morgan fingerprint density at radius 3 is 2.60 bits per heavy atom. The highest BCUT2D eigenvalue weighted by Gasteiger charge is 2.14. The van der Waals surface area contributed by atoms with E-state index in [9.17, 15) is 4.79 Å². The summed E-state index contributed by atoms with van der Waals surface area (Å²) in [5.41, 5.74) is 2.29. The summed E-state index contributed by atoms with van der Waals surface area (Å²) >= 11 is 0. The second kappa shape index (κ2) is 7.43. The Morgan fingerprint density at radius 1 is 1.16 bits per heavy atom. The topological polar surface area (TPSA) is 94.0 Å². The molecule has 2 aromatic carbocycles. The van der Waals surface area contributed by atoms with Gasteiger partial charge in [-0.2, -0.15) is 0 Å². The van der Waals surface area contributed by atoms with Crippen LogP contribution in [0.25, 0.3) is 5.69 Å². The largest absolute Gasteiger partial charge is 0.495 e. The number of methoxy groups -OCH3 is 1. The van der Waals surface area contributed by atoms with Gasteiger partial charge in [-0.1, -0.05) is 12.1 Å². The smallest absolute Gasteiger partial charge is 0.246 e. The van der Waals surface area contributed by atoms with Crippen LogP contribution in [0.3, 0.4) is 0 Å². The third kappa shape index (κ3) is 3.92. The van der Waals surface area contributed by atoms with Crippen LogP contribution in [0, 0.1) is 0 Å². The van der Waals surface area contributed by atoms with Crippen molar-refractivity contribution >= 4 is 17.3 Å². The zero-order valence-corrected chi connectivity index (χ0v) is 13.9. The maximum Gasteiger partial charge on any atom is 0.246 e. The van der Waals surface area contributed by atoms with Gasteiger partial charge in [0, 0.05) is 5.69 Å². The summed E-state index contributed by atoms with van der Waals surface area (Å²) in [5.74, 6) is 0.461.